The van der Waals surface area contributed by atoms with Crippen molar-refractivity contribution in [2.24, 2.45) is 0 Å². The van der Waals surface area contributed by atoms with E-state index in [-0.39, 0.29) is 5.91 Å². The van der Waals surface area contributed by atoms with E-state index in [0.717, 1.165) is 56.2 Å². The zero-order chi connectivity index (χ0) is 17.7. The molecule has 2 aromatic rings. The quantitative estimate of drug-likeness (QED) is 0.831. The first-order valence-electron chi connectivity index (χ1n) is 9.59. The van der Waals surface area contributed by atoms with Crippen molar-refractivity contribution in [1.29, 1.82) is 0 Å². The van der Waals surface area contributed by atoms with Crippen molar-refractivity contribution in [1.82, 2.24) is 29.7 Å². The highest BCUT2D eigenvalue weighted by Crippen LogP contribution is 2.40. The topological polar surface area (TPSA) is 80.3 Å². The van der Waals surface area contributed by atoms with Gasteiger partial charge in [-0.25, -0.2) is 0 Å². The molecule has 0 bridgehead atoms. The molecular weight excluding hydrogens is 332 g/mol. The summed E-state index contributed by atoms with van der Waals surface area (Å²) in [6, 6.07) is 2.17. The molecule has 8 heteroatoms. The molecule has 2 aliphatic heterocycles. The molecule has 0 spiro atoms. The predicted molar refractivity (Wildman–Crippen MR) is 92.7 cm³/mol. The Morgan fingerprint density at radius 3 is 2.81 bits per heavy atom. The first-order chi connectivity index (χ1) is 12.7. The molecule has 138 valence electrons. The van der Waals surface area contributed by atoms with Crippen LogP contribution in [0.1, 0.15) is 65.5 Å². The van der Waals surface area contributed by atoms with Gasteiger partial charge in [0.2, 0.25) is 0 Å². The minimum atomic E-state index is -0.0427. The average molecular weight is 356 g/mol. The second kappa shape index (κ2) is 6.19. The zero-order valence-corrected chi connectivity index (χ0v) is 15.1. The smallest absolute Gasteiger partial charge is 0.276 e. The van der Waals surface area contributed by atoms with Gasteiger partial charge in [-0.15, -0.1) is 10.2 Å². The van der Waals surface area contributed by atoms with Gasteiger partial charge in [0.15, 0.2) is 5.69 Å². The Labute approximate surface area is 152 Å². The van der Waals surface area contributed by atoms with Gasteiger partial charge < -0.3 is 14.0 Å². The fourth-order valence-corrected chi connectivity index (χ4v) is 4.14. The Morgan fingerprint density at radius 1 is 1.15 bits per heavy atom. The summed E-state index contributed by atoms with van der Waals surface area (Å²) < 4.78 is 7.57. The Kier molecular flexibility index (Phi) is 3.81. The molecule has 2 aromatic heterocycles. The van der Waals surface area contributed by atoms with E-state index in [9.17, 15) is 4.79 Å². The number of rotatable bonds is 3. The summed E-state index contributed by atoms with van der Waals surface area (Å²) in [5.41, 5.74) is 0.431. The predicted octanol–water partition coefficient (Wildman–Crippen LogP) is 1.61. The molecule has 2 fully saturated rings. The molecule has 1 unspecified atom stereocenters. The van der Waals surface area contributed by atoms with Crippen molar-refractivity contribution in [3.8, 4) is 0 Å². The van der Waals surface area contributed by atoms with E-state index in [1.54, 1.807) is 0 Å². The van der Waals surface area contributed by atoms with Gasteiger partial charge in [0.05, 0.1) is 6.04 Å². The van der Waals surface area contributed by atoms with Crippen molar-refractivity contribution >= 4 is 5.91 Å². The summed E-state index contributed by atoms with van der Waals surface area (Å²) in [6.07, 6.45) is 5.32. The Balaban J connectivity index is 1.32. The fourth-order valence-electron chi connectivity index (χ4n) is 4.14. The van der Waals surface area contributed by atoms with Crippen LogP contribution in [0.3, 0.4) is 0 Å². The number of aromatic nitrogens is 4. The summed E-state index contributed by atoms with van der Waals surface area (Å²) in [7, 11) is 2.15. The summed E-state index contributed by atoms with van der Waals surface area (Å²) in [4.78, 5) is 17.0. The van der Waals surface area contributed by atoms with E-state index < -0.39 is 0 Å². The summed E-state index contributed by atoms with van der Waals surface area (Å²) in [5, 5.41) is 12.9. The molecule has 0 radical (unpaired) electrons. The number of carbonyl (C=O) groups is 1. The van der Waals surface area contributed by atoms with Crippen LogP contribution in [-0.4, -0.2) is 62.3 Å². The molecule has 4 heterocycles. The van der Waals surface area contributed by atoms with Gasteiger partial charge in [-0.2, -0.15) is 0 Å². The second-order valence-electron chi connectivity index (χ2n) is 7.70. The zero-order valence-electron chi connectivity index (χ0n) is 15.1. The Morgan fingerprint density at radius 2 is 2.04 bits per heavy atom. The maximum atomic E-state index is 12.8. The minimum Gasteiger partial charge on any atom is -0.360 e. The number of nitrogens with zero attached hydrogens (tertiary/aromatic N) is 6. The lowest BCUT2D eigenvalue weighted by Crippen LogP contribution is -2.34. The lowest BCUT2D eigenvalue weighted by atomic mass is 10.2. The number of carbonyl (C=O) groups excluding carboxylic acids is 1. The van der Waals surface area contributed by atoms with Crippen molar-refractivity contribution in [2.45, 2.75) is 50.6 Å². The summed E-state index contributed by atoms with van der Waals surface area (Å²) in [5.74, 6) is 3.31. The van der Waals surface area contributed by atoms with Crippen molar-refractivity contribution in [3.63, 3.8) is 0 Å². The van der Waals surface area contributed by atoms with Gasteiger partial charge in [0.1, 0.15) is 17.4 Å². The maximum absolute atomic E-state index is 12.8. The largest absolute Gasteiger partial charge is 0.360 e. The van der Waals surface area contributed by atoms with Crippen LogP contribution >= 0.6 is 0 Å². The molecule has 1 atom stereocenters. The first kappa shape index (κ1) is 16.0. The van der Waals surface area contributed by atoms with Gasteiger partial charge in [-0.05, 0) is 39.3 Å². The number of likely N-dealkylation sites (tertiary alicyclic amines) is 1. The molecule has 3 aliphatic rings. The average Bonchev–Trinajstić information content (AvgIpc) is 3.10. The highest BCUT2D eigenvalue weighted by molar-refractivity contribution is 5.92. The van der Waals surface area contributed by atoms with Gasteiger partial charge in [-0.3, -0.25) is 9.69 Å². The highest BCUT2D eigenvalue weighted by atomic mass is 16.5. The van der Waals surface area contributed by atoms with Crippen LogP contribution in [0, 0.1) is 0 Å². The normalized spacial score (nSPS) is 23.9. The van der Waals surface area contributed by atoms with Crippen molar-refractivity contribution in [3.05, 3.63) is 29.2 Å². The maximum Gasteiger partial charge on any atom is 0.276 e. The third-order valence-corrected chi connectivity index (χ3v) is 5.89. The van der Waals surface area contributed by atoms with E-state index in [0.29, 0.717) is 30.7 Å². The molecule has 26 heavy (non-hydrogen) atoms. The molecule has 1 saturated heterocycles. The number of hydrogen-bond acceptors (Lipinski definition) is 6. The number of amides is 1. The monoisotopic (exact) mass is 356 g/mol. The van der Waals surface area contributed by atoms with E-state index in [1.165, 1.54) is 6.42 Å². The SMILES string of the molecule is CN1CCCC1c1nnc2n1CCN(C(=O)c1cc(C3CC3)on1)CC2. The van der Waals surface area contributed by atoms with Crippen LogP contribution in [0.15, 0.2) is 10.6 Å². The molecule has 1 saturated carbocycles. The number of hydrogen-bond donors (Lipinski definition) is 0. The lowest BCUT2D eigenvalue weighted by molar-refractivity contribution is 0.0748. The molecule has 5 rings (SSSR count). The van der Waals surface area contributed by atoms with Crippen LogP contribution in [0.25, 0.3) is 0 Å². The van der Waals surface area contributed by atoms with Crippen LogP contribution in [-0.2, 0) is 13.0 Å². The van der Waals surface area contributed by atoms with Crippen LogP contribution < -0.4 is 0 Å². The van der Waals surface area contributed by atoms with E-state index >= 15 is 0 Å². The van der Waals surface area contributed by atoms with Crippen LogP contribution in [0.5, 0.6) is 0 Å². The first-order valence-corrected chi connectivity index (χ1v) is 9.59. The van der Waals surface area contributed by atoms with Crippen LogP contribution in [0.2, 0.25) is 0 Å². The standard InChI is InChI=1S/C18H24N6O2/c1-22-7-2-3-14(22)17-20-19-16-6-8-23(9-10-24(16)17)18(25)13-11-15(26-21-13)12-4-5-12/h11-12,14H,2-10H2,1H3. The van der Waals surface area contributed by atoms with E-state index in [1.807, 2.05) is 11.0 Å². The molecule has 0 N–H and O–H groups in total. The van der Waals surface area contributed by atoms with Crippen molar-refractivity contribution in [2.75, 3.05) is 26.7 Å². The molecule has 1 amide bonds. The van der Waals surface area contributed by atoms with E-state index in [4.69, 9.17) is 4.52 Å². The Hall–Kier alpha value is -2.22. The summed E-state index contributed by atoms with van der Waals surface area (Å²) >= 11 is 0. The minimum absolute atomic E-state index is 0.0427. The van der Waals surface area contributed by atoms with Crippen LogP contribution in [0.4, 0.5) is 0 Å². The lowest BCUT2D eigenvalue weighted by Gasteiger charge is -2.21. The van der Waals surface area contributed by atoms with Gasteiger partial charge in [0, 0.05) is 38.0 Å². The van der Waals surface area contributed by atoms with Gasteiger partial charge in [0.25, 0.3) is 5.91 Å². The molecule has 1 aliphatic carbocycles. The number of fused-ring (bicyclic) bond motifs is 1. The Bertz CT molecular complexity index is 824. The molecular formula is C18H24N6O2. The second-order valence-corrected chi connectivity index (χ2v) is 7.70. The third kappa shape index (κ3) is 2.72. The van der Waals surface area contributed by atoms with Gasteiger partial charge in [-0.1, -0.05) is 5.16 Å². The van der Waals surface area contributed by atoms with E-state index in [2.05, 4.69) is 31.9 Å². The third-order valence-electron chi connectivity index (χ3n) is 5.89. The fraction of sp³-hybridized carbons (Fsp3) is 0.667. The summed E-state index contributed by atoms with van der Waals surface area (Å²) in [6.45, 7) is 3.13. The van der Waals surface area contributed by atoms with Gasteiger partial charge >= 0.3 is 0 Å². The highest BCUT2D eigenvalue weighted by Gasteiger charge is 2.32. The molecule has 0 aromatic carbocycles. The van der Waals surface area contributed by atoms with Crippen molar-refractivity contribution < 1.29 is 9.32 Å². The molecule has 8 nitrogen and oxygen atoms in total.